The highest BCUT2D eigenvalue weighted by Crippen LogP contribution is 2.29. The minimum atomic E-state index is -0.110. The summed E-state index contributed by atoms with van der Waals surface area (Å²) < 4.78 is 1.84. The number of aromatic nitrogens is 4. The first kappa shape index (κ1) is 19.3. The van der Waals surface area contributed by atoms with Crippen LogP contribution >= 0.6 is 11.6 Å². The van der Waals surface area contributed by atoms with E-state index in [1.807, 2.05) is 65.3 Å². The van der Waals surface area contributed by atoms with Gasteiger partial charge >= 0.3 is 0 Å². The molecule has 0 bridgehead atoms. The number of hydrogen-bond donors (Lipinski definition) is 0. The standard InChI is InChI=1S/C23H22ClN5/c1-17-8-6-7-11-21(17)29-23(25-26-27-29)22(19-9-4-3-5-10-19)28(2)16-18-12-14-20(24)15-13-18/h3-15,22H,16H2,1-2H3/t22-/m0/s1. The number of aryl methyl sites for hydroxylation is 1. The van der Waals surface area contributed by atoms with E-state index in [1.165, 1.54) is 5.56 Å². The maximum absolute atomic E-state index is 6.05. The Morgan fingerprint density at radius 3 is 2.34 bits per heavy atom. The van der Waals surface area contributed by atoms with Crippen LogP contribution in [0.5, 0.6) is 0 Å². The fraction of sp³-hybridized carbons (Fsp3) is 0.174. The van der Waals surface area contributed by atoms with Gasteiger partial charge in [-0.15, -0.1) is 5.10 Å². The molecule has 0 aliphatic heterocycles. The van der Waals surface area contributed by atoms with Gasteiger partial charge in [0.2, 0.25) is 0 Å². The smallest absolute Gasteiger partial charge is 0.178 e. The van der Waals surface area contributed by atoms with Crippen LogP contribution in [-0.2, 0) is 6.54 Å². The predicted molar refractivity (Wildman–Crippen MR) is 115 cm³/mol. The number of rotatable bonds is 6. The van der Waals surface area contributed by atoms with Crippen LogP contribution in [0.15, 0.2) is 78.9 Å². The van der Waals surface area contributed by atoms with Gasteiger partial charge in [-0.1, -0.05) is 72.3 Å². The van der Waals surface area contributed by atoms with Crippen LogP contribution in [0.25, 0.3) is 5.69 Å². The van der Waals surface area contributed by atoms with Gasteiger partial charge in [-0.05, 0) is 59.3 Å². The molecule has 0 fully saturated rings. The summed E-state index contributed by atoms with van der Waals surface area (Å²) in [6.07, 6.45) is 0. The van der Waals surface area contributed by atoms with Crippen molar-refractivity contribution in [2.45, 2.75) is 19.5 Å². The van der Waals surface area contributed by atoms with Crippen molar-refractivity contribution in [2.75, 3.05) is 7.05 Å². The molecule has 0 aliphatic rings. The zero-order valence-electron chi connectivity index (χ0n) is 16.4. The molecular formula is C23H22ClN5. The first-order chi connectivity index (χ1) is 14.1. The van der Waals surface area contributed by atoms with Gasteiger partial charge in [-0.2, -0.15) is 4.68 Å². The average molecular weight is 404 g/mol. The molecule has 0 spiro atoms. The molecule has 0 saturated carbocycles. The van der Waals surface area contributed by atoms with Gasteiger partial charge in [0, 0.05) is 11.6 Å². The quantitative estimate of drug-likeness (QED) is 0.462. The van der Waals surface area contributed by atoms with E-state index in [1.54, 1.807) is 0 Å². The highest BCUT2D eigenvalue weighted by atomic mass is 35.5. The Hall–Kier alpha value is -3.02. The molecule has 146 valence electrons. The van der Waals surface area contributed by atoms with Gasteiger partial charge in [0.25, 0.3) is 0 Å². The zero-order chi connectivity index (χ0) is 20.2. The highest BCUT2D eigenvalue weighted by Gasteiger charge is 2.26. The van der Waals surface area contributed by atoms with Crippen LogP contribution < -0.4 is 0 Å². The van der Waals surface area contributed by atoms with Crippen molar-refractivity contribution < 1.29 is 0 Å². The second kappa shape index (κ2) is 8.55. The third-order valence-corrected chi connectivity index (χ3v) is 5.24. The molecular weight excluding hydrogens is 382 g/mol. The lowest BCUT2D eigenvalue weighted by Crippen LogP contribution is -2.28. The van der Waals surface area contributed by atoms with E-state index in [0.29, 0.717) is 0 Å². The van der Waals surface area contributed by atoms with Crippen molar-refractivity contribution in [3.63, 3.8) is 0 Å². The maximum Gasteiger partial charge on any atom is 0.178 e. The minimum Gasteiger partial charge on any atom is -0.288 e. The van der Waals surface area contributed by atoms with Crippen LogP contribution in [0.2, 0.25) is 5.02 Å². The Bertz CT molecular complexity index is 1080. The second-order valence-corrected chi connectivity index (χ2v) is 7.53. The Morgan fingerprint density at radius 1 is 0.931 bits per heavy atom. The molecule has 1 aromatic heterocycles. The number of nitrogens with zero attached hydrogens (tertiary/aromatic N) is 5. The number of hydrogen-bond acceptors (Lipinski definition) is 4. The van der Waals surface area contributed by atoms with Gasteiger partial charge < -0.3 is 0 Å². The van der Waals surface area contributed by atoms with Crippen molar-refractivity contribution in [1.82, 2.24) is 25.1 Å². The first-order valence-electron chi connectivity index (χ1n) is 9.47. The molecule has 0 amide bonds. The summed E-state index contributed by atoms with van der Waals surface area (Å²) in [6.45, 7) is 2.80. The van der Waals surface area contributed by atoms with Crippen LogP contribution in [0.1, 0.15) is 28.6 Å². The van der Waals surface area contributed by atoms with Crippen LogP contribution in [0, 0.1) is 6.92 Å². The second-order valence-electron chi connectivity index (χ2n) is 7.09. The molecule has 4 aromatic rings. The molecule has 0 unspecified atom stereocenters. The summed E-state index contributed by atoms with van der Waals surface area (Å²) in [5.41, 5.74) is 4.41. The SMILES string of the molecule is Cc1ccccc1-n1nnnc1[C@H](c1ccccc1)N(C)Cc1ccc(Cl)cc1. The van der Waals surface area contributed by atoms with Gasteiger partial charge in [-0.3, -0.25) is 4.90 Å². The summed E-state index contributed by atoms with van der Waals surface area (Å²) in [7, 11) is 2.09. The Labute approximate surface area is 175 Å². The summed E-state index contributed by atoms with van der Waals surface area (Å²) >= 11 is 6.05. The van der Waals surface area contributed by atoms with Gasteiger partial charge in [0.15, 0.2) is 5.82 Å². The topological polar surface area (TPSA) is 46.8 Å². The fourth-order valence-electron chi connectivity index (χ4n) is 3.54. The van der Waals surface area contributed by atoms with E-state index in [-0.39, 0.29) is 6.04 Å². The van der Waals surface area contributed by atoms with Crippen molar-refractivity contribution >= 4 is 11.6 Å². The van der Waals surface area contributed by atoms with Gasteiger partial charge in [-0.25, -0.2) is 0 Å². The van der Waals surface area contributed by atoms with E-state index in [2.05, 4.69) is 52.6 Å². The Balaban J connectivity index is 1.76. The molecule has 6 heteroatoms. The van der Waals surface area contributed by atoms with E-state index in [9.17, 15) is 0 Å². The Morgan fingerprint density at radius 2 is 1.62 bits per heavy atom. The number of benzene rings is 3. The third kappa shape index (κ3) is 4.21. The molecule has 29 heavy (non-hydrogen) atoms. The van der Waals surface area contributed by atoms with Crippen LogP contribution in [0.4, 0.5) is 0 Å². The molecule has 1 heterocycles. The van der Waals surface area contributed by atoms with E-state index >= 15 is 0 Å². The lowest BCUT2D eigenvalue weighted by Gasteiger charge is -2.28. The van der Waals surface area contributed by atoms with Crippen molar-refractivity contribution in [2.24, 2.45) is 0 Å². The van der Waals surface area contributed by atoms with Gasteiger partial charge in [0.05, 0.1) is 11.7 Å². The molecule has 0 aliphatic carbocycles. The largest absolute Gasteiger partial charge is 0.288 e. The summed E-state index contributed by atoms with van der Waals surface area (Å²) in [6, 6.07) is 26.3. The highest BCUT2D eigenvalue weighted by molar-refractivity contribution is 6.30. The molecule has 3 aromatic carbocycles. The van der Waals surface area contributed by atoms with Crippen LogP contribution in [0.3, 0.4) is 0 Å². The lowest BCUT2D eigenvalue weighted by molar-refractivity contribution is 0.258. The third-order valence-electron chi connectivity index (χ3n) is 4.98. The average Bonchev–Trinajstić information content (AvgIpc) is 3.20. The Kier molecular flexibility index (Phi) is 5.69. The molecule has 4 rings (SSSR count). The first-order valence-corrected chi connectivity index (χ1v) is 9.85. The predicted octanol–water partition coefficient (Wildman–Crippen LogP) is 4.85. The summed E-state index contributed by atoms with van der Waals surface area (Å²) in [4.78, 5) is 2.25. The van der Waals surface area contributed by atoms with E-state index in [0.717, 1.165) is 34.2 Å². The monoisotopic (exact) mass is 403 g/mol. The maximum atomic E-state index is 6.05. The zero-order valence-corrected chi connectivity index (χ0v) is 17.2. The van der Waals surface area contributed by atoms with Crippen molar-refractivity contribution in [3.05, 3.63) is 106 Å². The lowest BCUT2D eigenvalue weighted by atomic mass is 10.0. The minimum absolute atomic E-state index is 0.110. The van der Waals surface area contributed by atoms with Crippen molar-refractivity contribution in [1.29, 1.82) is 0 Å². The van der Waals surface area contributed by atoms with E-state index < -0.39 is 0 Å². The van der Waals surface area contributed by atoms with Crippen molar-refractivity contribution in [3.8, 4) is 5.69 Å². The molecule has 5 nitrogen and oxygen atoms in total. The summed E-state index contributed by atoms with van der Waals surface area (Å²) in [5.74, 6) is 0.780. The molecule has 1 atom stereocenters. The summed E-state index contributed by atoms with van der Waals surface area (Å²) in [5, 5.41) is 13.5. The van der Waals surface area contributed by atoms with E-state index in [4.69, 9.17) is 11.6 Å². The molecule has 0 N–H and O–H groups in total. The number of halogens is 1. The number of tetrazole rings is 1. The fourth-order valence-corrected chi connectivity index (χ4v) is 3.67. The van der Waals surface area contributed by atoms with Crippen LogP contribution in [-0.4, -0.2) is 32.2 Å². The normalized spacial score (nSPS) is 12.3. The van der Waals surface area contributed by atoms with Gasteiger partial charge in [0.1, 0.15) is 0 Å². The molecule has 0 saturated heterocycles. The molecule has 0 radical (unpaired) electrons. The number of para-hydroxylation sites is 1.